The second-order valence-electron chi connectivity index (χ2n) is 5.28. The number of amides is 1. The van der Waals surface area contributed by atoms with Gasteiger partial charge in [-0.2, -0.15) is 0 Å². The second kappa shape index (κ2) is 7.97. The highest BCUT2D eigenvalue weighted by atomic mass is 16.5. The van der Waals surface area contributed by atoms with Crippen LogP contribution in [0.5, 0.6) is 0 Å². The quantitative estimate of drug-likeness (QED) is 0.797. The fraction of sp³-hybridized carbons (Fsp3) is 0.600. The average Bonchev–Trinajstić information content (AvgIpc) is 2.92. The van der Waals surface area contributed by atoms with E-state index in [-0.39, 0.29) is 5.91 Å². The van der Waals surface area contributed by atoms with Crippen molar-refractivity contribution in [3.8, 4) is 0 Å². The molecule has 5 nitrogen and oxygen atoms in total. The Morgan fingerprint density at radius 1 is 1.50 bits per heavy atom. The molecule has 1 atom stereocenters. The topological polar surface area (TPSA) is 54.5 Å². The SMILES string of the molecule is COCCN1CC[C@H](CNC(=O)Cc2ccncc2)C1. The number of nitrogens with one attached hydrogen (secondary N) is 1. The Bertz CT molecular complexity index is 411. The molecule has 5 heteroatoms. The van der Waals surface area contributed by atoms with Crippen molar-refractivity contribution in [2.24, 2.45) is 5.92 Å². The third-order valence-corrected chi connectivity index (χ3v) is 3.68. The van der Waals surface area contributed by atoms with Gasteiger partial charge in [0.25, 0.3) is 0 Å². The third-order valence-electron chi connectivity index (χ3n) is 3.68. The summed E-state index contributed by atoms with van der Waals surface area (Å²) in [5, 5.41) is 3.03. The van der Waals surface area contributed by atoms with Crippen molar-refractivity contribution >= 4 is 5.91 Å². The van der Waals surface area contributed by atoms with Crippen LogP contribution in [0, 0.1) is 5.92 Å². The zero-order valence-electron chi connectivity index (χ0n) is 12.0. The first-order valence-corrected chi connectivity index (χ1v) is 7.15. The van der Waals surface area contributed by atoms with E-state index in [1.54, 1.807) is 19.5 Å². The van der Waals surface area contributed by atoms with Gasteiger partial charge in [-0.15, -0.1) is 0 Å². The number of nitrogens with zero attached hydrogens (tertiary/aromatic N) is 2. The van der Waals surface area contributed by atoms with Gasteiger partial charge in [-0.3, -0.25) is 9.78 Å². The molecule has 0 spiro atoms. The van der Waals surface area contributed by atoms with Crippen LogP contribution in [0.15, 0.2) is 24.5 Å². The number of likely N-dealkylation sites (tertiary alicyclic amines) is 1. The second-order valence-corrected chi connectivity index (χ2v) is 5.28. The van der Waals surface area contributed by atoms with E-state index in [4.69, 9.17) is 4.74 Å². The number of aromatic nitrogens is 1. The van der Waals surface area contributed by atoms with Crippen molar-refractivity contribution in [1.29, 1.82) is 0 Å². The van der Waals surface area contributed by atoms with Gasteiger partial charge < -0.3 is 15.0 Å². The highest BCUT2D eigenvalue weighted by Crippen LogP contribution is 2.14. The van der Waals surface area contributed by atoms with Crippen molar-refractivity contribution in [3.05, 3.63) is 30.1 Å². The lowest BCUT2D eigenvalue weighted by Gasteiger charge is -2.15. The monoisotopic (exact) mass is 277 g/mol. The number of hydrogen-bond acceptors (Lipinski definition) is 4. The number of ether oxygens (including phenoxy) is 1. The Morgan fingerprint density at radius 3 is 3.05 bits per heavy atom. The summed E-state index contributed by atoms with van der Waals surface area (Å²) in [5.74, 6) is 0.653. The van der Waals surface area contributed by atoms with Crippen LogP contribution in [0.4, 0.5) is 0 Å². The van der Waals surface area contributed by atoms with Gasteiger partial charge in [0.2, 0.25) is 5.91 Å². The van der Waals surface area contributed by atoms with E-state index < -0.39 is 0 Å². The standard InChI is InChI=1S/C15H23N3O2/c1-20-9-8-18-7-4-14(12-18)11-17-15(19)10-13-2-5-16-6-3-13/h2-3,5-6,14H,4,7-12H2,1H3,(H,17,19)/t14-/m1/s1. The highest BCUT2D eigenvalue weighted by Gasteiger charge is 2.22. The summed E-state index contributed by atoms with van der Waals surface area (Å²) >= 11 is 0. The zero-order chi connectivity index (χ0) is 14.2. The molecule has 1 aliphatic heterocycles. The molecule has 1 amide bonds. The molecule has 2 heterocycles. The highest BCUT2D eigenvalue weighted by molar-refractivity contribution is 5.78. The molecule has 2 rings (SSSR count). The van der Waals surface area contributed by atoms with Crippen molar-refractivity contribution in [3.63, 3.8) is 0 Å². The van der Waals surface area contributed by atoms with Gasteiger partial charge in [0.05, 0.1) is 13.0 Å². The van der Waals surface area contributed by atoms with Gasteiger partial charge in [0.15, 0.2) is 0 Å². The van der Waals surface area contributed by atoms with E-state index in [1.165, 1.54) is 0 Å². The van der Waals surface area contributed by atoms with Gasteiger partial charge in [0, 0.05) is 39.1 Å². The third kappa shape index (κ3) is 4.90. The summed E-state index contributed by atoms with van der Waals surface area (Å²) in [5.41, 5.74) is 1.01. The number of carbonyl (C=O) groups excluding carboxylic acids is 1. The fourth-order valence-corrected chi connectivity index (χ4v) is 2.51. The molecule has 1 aromatic rings. The predicted octanol–water partition coefficient (Wildman–Crippen LogP) is 0.709. The molecular formula is C15H23N3O2. The van der Waals surface area contributed by atoms with Gasteiger partial charge in [-0.1, -0.05) is 0 Å². The molecule has 1 N–H and O–H groups in total. The van der Waals surface area contributed by atoms with E-state index in [2.05, 4.69) is 15.2 Å². The normalized spacial score (nSPS) is 19.1. The van der Waals surface area contributed by atoms with Crippen LogP contribution in [-0.4, -0.2) is 55.7 Å². The van der Waals surface area contributed by atoms with Crippen LogP contribution in [-0.2, 0) is 16.0 Å². The first-order chi connectivity index (χ1) is 9.78. The summed E-state index contributed by atoms with van der Waals surface area (Å²) in [6.07, 6.45) is 5.02. The molecule has 1 aliphatic rings. The molecular weight excluding hydrogens is 254 g/mol. The van der Waals surface area contributed by atoms with Crippen LogP contribution < -0.4 is 5.32 Å². The summed E-state index contributed by atoms with van der Waals surface area (Å²) in [6, 6.07) is 3.75. The summed E-state index contributed by atoms with van der Waals surface area (Å²) in [7, 11) is 1.73. The first-order valence-electron chi connectivity index (χ1n) is 7.15. The van der Waals surface area contributed by atoms with Gasteiger partial charge in [0.1, 0.15) is 0 Å². The Hall–Kier alpha value is -1.46. The maximum absolute atomic E-state index is 11.9. The molecule has 0 aliphatic carbocycles. The molecule has 1 aromatic heterocycles. The van der Waals surface area contributed by atoms with E-state index in [0.29, 0.717) is 12.3 Å². The van der Waals surface area contributed by atoms with Gasteiger partial charge in [-0.05, 0) is 36.6 Å². The van der Waals surface area contributed by atoms with Crippen molar-refractivity contribution < 1.29 is 9.53 Å². The molecule has 0 bridgehead atoms. The predicted molar refractivity (Wildman–Crippen MR) is 77.4 cm³/mol. The van der Waals surface area contributed by atoms with Crippen molar-refractivity contribution in [2.45, 2.75) is 12.8 Å². The van der Waals surface area contributed by atoms with Crippen LogP contribution in [0.25, 0.3) is 0 Å². The minimum absolute atomic E-state index is 0.0894. The van der Waals surface area contributed by atoms with Crippen LogP contribution in [0.3, 0.4) is 0 Å². The van der Waals surface area contributed by atoms with Crippen LogP contribution in [0.2, 0.25) is 0 Å². The lowest BCUT2D eigenvalue weighted by atomic mass is 10.1. The largest absolute Gasteiger partial charge is 0.383 e. The number of rotatable bonds is 7. The minimum Gasteiger partial charge on any atom is -0.383 e. The summed E-state index contributed by atoms with van der Waals surface area (Å²) in [6.45, 7) is 4.69. The Kier molecular flexibility index (Phi) is 5.95. The lowest BCUT2D eigenvalue weighted by molar-refractivity contribution is -0.120. The maximum Gasteiger partial charge on any atom is 0.224 e. The minimum atomic E-state index is 0.0894. The molecule has 1 saturated heterocycles. The molecule has 110 valence electrons. The van der Waals surface area contributed by atoms with E-state index in [1.807, 2.05) is 12.1 Å². The molecule has 1 fully saturated rings. The summed E-state index contributed by atoms with van der Waals surface area (Å²) in [4.78, 5) is 18.2. The fourth-order valence-electron chi connectivity index (χ4n) is 2.51. The number of carbonyl (C=O) groups is 1. The van der Waals surface area contributed by atoms with Gasteiger partial charge >= 0.3 is 0 Å². The first kappa shape index (κ1) is 14.9. The number of hydrogen-bond donors (Lipinski definition) is 1. The van der Waals surface area contributed by atoms with Crippen LogP contribution in [0.1, 0.15) is 12.0 Å². The molecule has 0 radical (unpaired) electrons. The molecule has 0 saturated carbocycles. The number of pyridine rings is 1. The molecule has 20 heavy (non-hydrogen) atoms. The number of methoxy groups -OCH3 is 1. The van der Waals surface area contributed by atoms with E-state index >= 15 is 0 Å². The van der Waals surface area contributed by atoms with E-state index in [0.717, 1.165) is 44.8 Å². The zero-order valence-corrected chi connectivity index (χ0v) is 12.0. The van der Waals surface area contributed by atoms with Crippen molar-refractivity contribution in [1.82, 2.24) is 15.2 Å². The molecule has 0 unspecified atom stereocenters. The molecule has 0 aromatic carbocycles. The van der Waals surface area contributed by atoms with Crippen molar-refractivity contribution in [2.75, 3.05) is 39.9 Å². The van der Waals surface area contributed by atoms with E-state index in [9.17, 15) is 4.79 Å². The van der Waals surface area contributed by atoms with Crippen LogP contribution >= 0.6 is 0 Å². The van der Waals surface area contributed by atoms with Gasteiger partial charge in [-0.25, -0.2) is 0 Å². The average molecular weight is 277 g/mol. The Morgan fingerprint density at radius 2 is 2.30 bits per heavy atom. The lowest BCUT2D eigenvalue weighted by Crippen LogP contribution is -2.32. The Balaban J connectivity index is 1.64. The smallest absolute Gasteiger partial charge is 0.224 e. The maximum atomic E-state index is 11.9. The summed E-state index contributed by atoms with van der Waals surface area (Å²) < 4.78 is 5.09. The Labute approximate surface area is 120 Å².